The molecule has 2 aliphatic heterocycles. The highest BCUT2D eigenvalue weighted by Crippen LogP contribution is 2.27. The number of amides is 2. The average molecular weight is 449 g/mol. The summed E-state index contributed by atoms with van der Waals surface area (Å²) in [7, 11) is 0. The lowest BCUT2D eigenvalue weighted by atomic mass is 10.1. The summed E-state index contributed by atoms with van der Waals surface area (Å²) in [5.41, 5.74) is 2.00. The summed E-state index contributed by atoms with van der Waals surface area (Å²) in [6, 6.07) is 10.6. The third-order valence-electron chi connectivity index (χ3n) is 4.73. The third-order valence-corrected chi connectivity index (χ3v) is 6.01. The molecule has 158 valence electrons. The summed E-state index contributed by atoms with van der Waals surface area (Å²) >= 11 is 7.35. The van der Waals surface area contributed by atoms with E-state index in [-0.39, 0.29) is 11.8 Å². The van der Waals surface area contributed by atoms with Gasteiger partial charge in [0.15, 0.2) is 0 Å². The molecular formula is C20H21ClN4O4S. The number of hydrogen-bond donors (Lipinski definition) is 2. The Morgan fingerprint density at radius 3 is 2.47 bits per heavy atom. The van der Waals surface area contributed by atoms with Gasteiger partial charge in [-0.3, -0.25) is 14.5 Å². The molecule has 8 nitrogen and oxygen atoms in total. The van der Waals surface area contributed by atoms with Crippen LogP contribution >= 0.6 is 22.9 Å². The molecule has 2 N–H and O–H groups in total. The number of oxime groups is 1. The number of hydrogen-bond acceptors (Lipinski definition) is 7. The second-order valence-corrected chi connectivity index (χ2v) is 8.66. The lowest BCUT2D eigenvalue weighted by Gasteiger charge is -2.25. The van der Waals surface area contributed by atoms with Crippen LogP contribution in [0.15, 0.2) is 41.6 Å². The zero-order valence-corrected chi connectivity index (χ0v) is 17.7. The molecule has 1 aromatic heterocycles. The predicted octanol–water partition coefficient (Wildman–Crippen LogP) is 2.80. The summed E-state index contributed by atoms with van der Waals surface area (Å²) in [5.74, 6) is -0.355. The maximum absolute atomic E-state index is 12.5. The van der Waals surface area contributed by atoms with Gasteiger partial charge in [0.25, 0.3) is 5.91 Å². The molecule has 1 aromatic carbocycles. The lowest BCUT2D eigenvalue weighted by molar-refractivity contribution is -0.125. The third kappa shape index (κ3) is 5.37. The van der Waals surface area contributed by atoms with E-state index in [0.717, 1.165) is 18.0 Å². The normalized spacial score (nSPS) is 19.1. The van der Waals surface area contributed by atoms with Crippen LogP contribution in [-0.4, -0.2) is 61.4 Å². The van der Waals surface area contributed by atoms with Gasteiger partial charge in [0.2, 0.25) is 12.0 Å². The Morgan fingerprint density at radius 1 is 1.10 bits per heavy atom. The molecule has 0 bridgehead atoms. The maximum atomic E-state index is 12.5. The number of morpholine rings is 1. The monoisotopic (exact) mass is 448 g/mol. The van der Waals surface area contributed by atoms with E-state index in [1.807, 2.05) is 6.07 Å². The van der Waals surface area contributed by atoms with Gasteiger partial charge in [-0.05, 0) is 36.4 Å². The Labute approximate surface area is 182 Å². The van der Waals surface area contributed by atoms with Crippen LogP contribution in [0.2, 0.25) is 4.34 Å². The first-order chi connectivity index (χ1) is 14.6. The van der Waals surface area contributed by atoms with Crippen molar-refractivity contribution in [1.29, 1.82) is 0 Å². The van der Waals surface area contributed by atoms with Gasteiger partial charge in [-0.1, -0.05) is 16.8 Å². The van der Waals surface area contributed by atoms with Crippen molar-refractivity contribution in [2.45, 2.75) is 12.5 Å². The largest absolute Gasteiger partial charge is 0.382 e. The number of carbonyl (C=O) groups is 2. The van der Waals surface area contributed by atoms with E-state index < -0.39 is 6.10 Å². The highest BCUT2D eigenvalue weighted by Gasteiger charge is 2.29. The van der Waals surface area contributed by atoms with Crippen molar-refractivity contribution in [3.05, 3.63) is 45.6 Å². The number of thiophene rings is 1. The van der Waals surface area contributed by atoms with Gasteiger partial charge >= 0.3 is 0 Å². The number of ether oxygens (including phenoxy) is 1. The molecule has 0 saturated carbocycles. The minimum atomic E-state index is -0.686. The fourth-order valence-corrected chi connectivity index (χ4v) is 4.19. The average Bonchev–Trinajstić information content (AvgIpc) is 3.39. The molecule has 3 heterocycles. The fourth-order valence-electron chi connectivity index (χ4n) is 3.16. The molecule has 2 amide bonds. The van der Waals surface area contributed by atoms with E-state index in [4.69, 9.17) is 21.2 Å². The van der Waals surface area contributed by atoms with Gasteiger partial charge in [-0.2, -0.15) is 0 Å². The number of nitrogens with zero attached hydrogens (tertiary/aromatic N) is 2. The Morgan fingerprint density at radius 2 is 1.80 bits per heavy atom. The first-order valence-electron chi connectivity index (χ1n) is 9.56. The summed E-state index contributed by atoms with van der Waals surface area (Å²) < 4.78 is 5.95. The van der Waals surface area contributed by atoms with Crippen LogP contribution in [0, 0.1) is 0 Å². The second-order valence-electron chi connectivity index (χ2n) is 6.94. The van der Waals surface area contributed by atoms with E-state index in [2.05, 4.69) is 20.7 Å². The van der Waals surface area contributed by atoms with Gasteiger partial charge in [0, 0.05) is 30.9 Å². The molecule has 1 fully saturated rings. The molecule has 0 aliphatic carbocycles. The van der Waals surface area contributed by atoms with Crippen LogP contribution in [0.5, 0.6) is 0 Å². The van der Waals surface area contributed by atoms with Gasteiger partial charge in [-0.15, -0.1) is 11.3 Å². The first-order valence-corrected chi connectivity index (χ1v) is 10.8. The number of anilines is 2. The summed E-state index contributed by atoms with van der Waals surface area (Å²) in [6.45, 7) is 3.15. The molecule has 1 unspecified atom stereocenters. The molecule has 0 radical (unpaired) electrons. The van der Waals surface area contributed by atoms with E-state index >= 15 is 0 Å². The van der Waals surface area contributed by atoms with Crippen molar-refractivity contribution in [2.75, 3.05) is 43.5 Å². The number of nitrogens with one attached hydrogen (secondary N) is 2. The maximum Gasteiger partial charge on any atom is 0.268 e. The lowest BCUT2D eigenvalue weighted by Crippen LogP contribution is -2.41. The quantitative estimate of drug-likeness (QED) is 0.709. The number of benzene rings is 1. The molecule has 0 spiro atoms. The Kier molecular flexibility index (Phi) is 6.63. The van der Waals surface area contributed by atoms with Crippen molar-refractivity contribution >= 4 is 51.8 Å². The molecule has 2 aliphatic rings. The second kappa shape index (κ2) is 9.57. The molecule has 4 rings (SSSR count). The summed E-state index contributed by atoms with van der Waals surface area (Å²) in [4.78, 5) is 32.9. The van der Waals surface area contributed by atoms with Gasteiger partial charge < -0.3 is 20.2 Å². The predicted molar refractivity (Wildman–Crippen MR) is 116 cm³/mol. The van der Waals surface area contributed by atoms with E-state index in [1.54, 1.807) is 30.3 Å². The zero-order valence-electron chi connectivity index (χ0n) is 16.1. The topological polar surface area (TPSA) is 92.3 Å². The highest BCUT2D eigenvalue weighted by atomic mass is 35.5. The van der Waals surface area contributed by atoms with E-state index in [0.29, 0.717) is 47.6 Å². The van der Waals surface area contributed by atoms with Crippen LogP contribution in [0.1, 0.15) is 11.3 Å². The van der Waals surface area contributed by atoms with Crippen LogP contribution in [0.25, 0.3) is 0 Å². The van der Waals surface area contributed by atoms with Crippen molar-refractivity contribution in [1.82, 2.24) is 4.90 Å². The van der Waals surface area contributed by atoms with E-state index in [1.165, 1.54) is 11.3 Å². The standard InChI is InChI=1S/C20H21ClN4O4S/c21-18-6-5-17(30-18)15-11-16(29-24-15)20(27)23-14-3-1-13(2-4-14)22-19(26)12-25-7-9-28-10-8-25/h1-6,16H,7-12H2,(H,22,26)(H,23,27). The van der Waals surface area contributed by atoms with Crippen LogP contribution in [-0.2, 0) is 19.2 Å². The summed E-state index contributed by atoms with van der Waals surface area (Å²) in [5, 5.41) is 9.68. The van der Waals surface area contributed by atoms with E-state index in [9.17, 15) is 9.59 Å². The minimum absolute atomic E-state index is 0.0774. The molecule has 2 aromatic rings. The molecule has 1 saturated heterocycles. The Bertz CT molecular complexity index is 941. The SMILES string of the molecule is O=C(CN1CCOCC1)Nc1ccc(NC(=O)C2CC(c3ccc(Cl)s3)=NO2)cc1. The Hall–Kier alpha value is -2.46. The van der Waals surface area contributed by atoms with Crippen molar-refractivity contribution < 1.29 is 19.2 Å². The first kappa shape index (κ1) is 20.8. The molecule has 1 atom stereocenters. The number of halogens is 1. The number of rotatable bonds is 6. The fraction of sp³-hybridized carbons (Fsp3) is 0.350. The highest BCUT2D eigenvalue weighted by molar-refractivity contribution is 7.18. The van der Waals surface area contributed by atoms with Crippen LogP contribution in [0.3, 0.4) is 0 Å². The number of carbonyl (C=O) groups excluding carboxylic acids is 2. The Balaban J connectivity index is 1.25. The smallest absolute Gasteiger partial charge is 0.268 e. The molecule has 30 heavy (non-hydrogen) atoms. The van der Waals surface area contributed by atoms with Crippen LogP contribution < -0.4 is 10.6 Å². The van der Waals surface area contributed by atoms with Crippen molar-refractivity contribution in [2.24, 2.45) is 5.16 Å². The minimum Gasteiger partial charge on any atom is -0.382 e. The van der Waals surface area contributed by atoms with Crippen molar-refractivity contribution in [3.63, 3.8) is 0 Å². The van der Waals surface area contributed by atoms with Gasteiger partial charge in [0.05, 0.1) is 29.0 Å². The van der Waals surface area contributed by atoms with Crippen molar-refractivity contribution in [3.8, 4) is 0 Å². The molecular weight excluding hydrogens is 428 g/mol. The summed E-state index contributed by atoms with van der Waals surface area (Å²) in [6.07, 6.45) is -0.299. The molecule has 10 heteroatoms. The zero-order chi connectivity index (χ0) is 20.9. The van der Waals surface area contributed by atoms with Gasteiger partial charge in [-0.25, -0.2) is 0 Å². The van der Waals surface area contributed by atoms with Crippen LogP contribution in [0.4, 0.5) is 11.4 Å². The van der Waals surface area contributed by atoms with Gasteiger partial charge in [0.1, 0.15) is 5.71 Å².